The lowest BCUT2D eigenvalue weighted by molar-refractivity contribution is -0.129. The van der Waals surface area contributed by atoms with Gasteiger partial charge >= 0.3 is 0 Å². The van der Waals surface area contributed by atoms with Crippen LogP contribution >= 0.6 is 0 Å². The first kappa shape index (κ1) is 21.4. The first-order valence-corrected chi connectivity index (χ1v) is 10.9. The van der Waals surface area contributed by atoms with Crippen molar-refractivity contribution in [1.29, 1.82) is 0 Å². The average Bonchev–Trinajstić information content (AvgIpc) is 3.12. The molecule has 6 nitrogen and oxygen atoms in total. The monoisotopic (exact) mass is 420 g/mol. The second kappa shape index (κ2) is 8.35. The maximum atomic E-state index is 13.1. The summed E-state index contributed by atoms with van der Waals surface area (Å²) in [4.78, 5) is 20.1. The van der Waals surface area contributed by atoms with E-state index in [1.165, 1.54) is 5.56 Å². The number of amidine groups is 1. The number of aliphatic imine (C=N–C) groups is 1. The topological polar surface area (TPSA) is 66.0 Å². The Morgan fingerprint density at radius 2 is 1.90 bits per heavy atom. The van der Waals surface area contributed by atoms with Crippen molar-refractivity contribution in [2.24, 2.45) is 4.99 Å². The second-order valence-electron chi connectivity index (χ2n) is 9.44. The van der Waals surface area contributed by atoms with E-state index in [9.17, 15) is 4.79 Å². The highest BCUT2D eigenvalue weighted by atomic mass is 16.5. The number of anilines is 1. The minimum Gasteiger partial charge on any atom is -0.497 e. The van der Waals surface area contributed by atoms with Gasteiger partial charge in [0.25, 0.3) is 0 Å². The summed E-state index contributed by atoms with van der Waals surface area (Å²) < 4.78 is 5.22. The van der Waals surface area contributed by atoms with Crippen molar-refractivity contribution >= 4 is 17.4 Å². The van der Waals surface area contributed by atoms with Gasteiger partial charge in [-0.15, -0.1) is 0 Å². The Kier molecular flexibility index (Phi) is 5.75. The molecule has 1 spiro atoms. The van der Waals surface area contributed by atoms with Crippen LogP contribution in [-0.4, -0.2) is 47.9 Å². The van der Waals surface area contributed by atoms with E-state index in [0.29, 0.717) is 19.5 Å². The molecule has 2 aliphatic heterocycles. The molecule has 4 rings (SSSR count). The molecule has 0 aromatic heterocycles. The minimum atomic E-state index is -0.373. The van der Waals surface area contributed by atoms with E-state index >= 15 is 0 Å². The normalized spacial score (nSPS) is 22.2. The average molecular weight is 421 g/mol. The number of para-hydroxylation sites is 1. The Morgan fingerprint density at radius 3 is 2.61 bits per heavy atom. The molecule has 2 aromatic carbocycles. The maximum Gasteiger partial charge on any atom is 0.227 e. The molecule has 0 bridgehead atoms. The lowest BCUT2D eigenvalue weighted by Crippen LogP contribution is -2.56. The van der Waals surface area contributed by atoms with Crippen molar-refractivity contribution in [3.05, 3.63) is 59.7 Å². The van der Waals surface area contributed by atoms with Crippen molar-refractivity contribution in [3.63, 3.8) is 0 Å². The first-order chi connectivity index (χ1) is 14.8. The van der Waals surface area contributed by atoms with Gasteiger partial charge in [-0.3, -0.25) is 15.1 Å². The molecule has 6 heteroatoms. The van der Waals surface area contributed by atoms with Crippen molar-refractivity contribution < 1.29 is 9.53 Å². The van der Waals surface area contributed by atoms with Crippen LogP contribution in [0.4, 0.5) is 5.69 Å². The van der Waals surface area contributed by atoms with Crippen molar-refractivity contribution in [2.75, 3.05) is 25.5 Å². The van der Waals surface area contributed by atoms with E-state index in [-0.39, 0.29) is 17.0 Å². The van der Waals surface area contributed by atoms with Gasteiger partial charge in [-0.05, 0) is 56.5 Å². The van der Waals surface area contributed by atoms with Crippen LogP contribution in [0.1, 0.15) is 38.3 Å². The first-order valence-electron chi connectivity index (χ1n) is 10.9. The zero-order valence-electron chi connectivity index (χ0n) is 18.9. The van der Waals surface area contributed by atoms with Crippen molar-refractivity contribution in [2.45, 2.75) is 51.2 Å². The number of benzene rings is 2. The summed E-state index contributed by atoms with van der Waals surface area (Å²) in [5.74, 6) is 1.86. The summed E-state index contributed by atoms with van der Waals surface area (Å²) >= 11 is 0. The van der Waals surface area contributed by atoms with Gasteiger partial charge in [-0.25, -0.2) is 0 Å². The maximum absolute atomic E-state index is 13.1. The van der Waals surface area contributed by atoms with Crippen LogP contribution in [0, 0.1) is 0 Å². The minimum absolute atomic E-state index is 0.140. The molecule has 1 saturated heterocycles. The number of nitrogens with one attached hydrogen (secondary N) is 2. The third-order valence-electron chi connectivity index (χ3n) is 5.92. The van der Waals surface area contributed by atoms with Gasteiger partial charge in [-0.1, -0.05) is 30.3 Å². The molecule has 31 heavy (non-hydrogen) atoms. The SMILES string of the molecule is COc1ccc(CC(=O)N2CC[C@@]3(C2)NCc2ccccc2NC3=NC(C)(C)C)cc1. The van der Waals surface area contributed by atoms with E-state index in [4.69, 9.17) is 9.73 Å². The van der Waals surface area contributed by atoms with Crippen LogP contribution in [0.3, 0.4) is 0 Å². The fraction of sp³-hybridized carbons (Fsp3) is 0.440. The highest BCUT2D eigenvalue weighted by Crippen LogP contribution is 2.31. The smallest absolute Gasteiger partial charge is 0.227 e. The summed E-state index contributed by atoms with van der Waals surface area (Å²) in [7, 11) is 1.65. The number of hydrogen-bond donors (Lipinski definition) is 2. The number of nitrogens with zero attached hydrogens (tertiary/aromatic N) is 2. The predicted molar refractivity (Wildman–Crippen MR) is 125 cm³/mol. The standard InChI is InChI=1S/C25H32N4O2/c1-24(2,3)28-23-25(26-16-19-7-5-6-8-21(19)27-23)13-14-29(17-25)22(30)15-18-9-11-20(31-4)12-10-18/h5-12,26H,13-17H2,1-4H3,(H,27,28)/t25-/m0/s1. The van der Waals surface area contributed by atoms with E-state index in [1.807, 2.05) is 35.2 Å². The molecule has 0 radical (unpaired) electrons. The highest BCUT2D eigenvalue weighted by Gasteiger charge is 2.45. The summed E-state index contributed by atoms with van der Waals surface area (Å²) in [5.41, 5.74) is 2.69. The molecule has 2 aliphatic rings. The van der Waals surface area contributed by atoms with E-state index in [2.05, 4.69) is 49.6 Å². The molecular formula is C25H32N4O2. The molecule has 1 amide bonds. The number of carbonyl (C=O) groups is 1. The summed E-state index contributed by atoms with van der Waals surface area (Å²) in [5, 5.41) is 7.35. The second-order valence-corrected chi connectivity index (χ2v) is 9.44. The lowest BCUT2D eigenvalue weighted by atomic mass is 9.95. The van der Waals surface area contributed by atoms with E-state index in [1.54, 1.807) is 7.11 Å². The van der Waals surface area contributed by atoms with Gasteiger partial charge in [0, 0.05) is 25.3 Å². The van der Waals surface area contributed by atoms with Crippen LogP contribution < -0.4 is 15.4 Å². The molecule has 0 aliphatic carbocycles. The van der Waals surface area contributed by atoms with E-state index < -0.39 is 0 Å². The van der Waals surface area contributed by atoms with Crippen LogP contribution in [0.2, 0.25) is 0 Å². The van der Waals surface area contributed by atoms with Gasteiger partial charge in [0.1, 0.15) is 11.6 Å². The Morgan fingerprint density at radius 1 is 1.16 bits per heavy atom. The Balaban J connectivity index is 1.55. The van der Waals surface area contributed by atoms with Crippen molar-refractivity contribution in [1.82, 2.24) is 10.2 Å². The zero-order valence-corrected chi connectivity index (χ0v) is 18.9. The summed E-state index contributed by atoms with van der Waals surface area (Å²) in [6.07, 6.45) is 1.22. The predicted octanol–water partition coefficient (Wildman–Crippen LogP) is 3.62. The number of fused-ring (bicyclic) bond motifs is 1. The van der Waals surface area contributed by atoms with Crippen LogP contribution in [-0.2, 0) is 17.8 Å². The quantitative estimate of drug-likeness (QED) is 0.796. The number of amides is 1. The lowest BCUT2D eigenvalue weighted by Gasteiger charge is -2.32. The molecule has 0 saturated carbocycles. The number of methoxy groups -OCH3 is 1. The van der Waals surface area contributed by atoms with Gasteiger partial charge in [-0.2, -0.15) is 0 Å². The van der Waals surface area contributed by atoms with Crippen LogP contribution in [0.25, 0.3) is 0 Å². The molecular weight excluding hydrogens is 388 g/mol. The molecule has 2 N–H and O–H groups in total. The molecule has 164 valence electrons. The molecule has 2 heterocycles. The number of ether oxygens (including phenoxy) is 1. The highest BCUT2D eigenvalue weighted by molar-refractivity contribution is 6.04. The molecule has 1 atom stereocenters. The zero-order chi connectivity index (χ0) is 22.1. The van der Waals surface area contributed by atoms with Gasteiger partial charge in [0.05, 0.1) is 24.6 Å². The molecule has 0 unspecified atom stereocenters. The van der Waals surface area contributed by atoms with Gasteiger partial charge in [0.15, 0.2) is 0 Å². The third kappa shape index (κ3) is 4.74. The molecule has 1 fully saturated rings. The van der Waals surface area contributed by atoms with Crippen molar-refractivity contribution in [3.8, 4) is 5.75 Å². The van der Waals surface area contributed by atoms with Gasteiger partial charge in [0.2, 0.25) is 5.91 Å². The van der Waals surface area contributed by atoms with Crippen LogP contribution in [0.5, 0.6) is 5.75 Å². The number of rotatable bonds is 3. The van der Waals surface area contributed by atoms with Crippen LogP contribution in [0.15, 0.2) is 53.5 Å². The van der Waals surface area contributed by atoms with Gasteiger partial charge < -0.3 is 15.0 Å². The van der Waals surface area contributed by atoms with E-state index in [0.717, 1.165) is 35.8 Å². The molecule has 2 aromatic rings. The summed E-state index contributed by atoms with van der Waals surface area (Å²) in [6, 6.07) is 16.0. The summed E-state index contributed by atoms with van der Waals surface area (Å²) in [6.45, 7) is 8.38. The number of carbonyl (C=O) groups excluding carboxylic acids is 1. The fourth-order valence-corrected chi connectivity index (χ4v) is 4.25. The number of hydrogen-bond acceptors (Lipinski definition) is 4. The Labute approximate surface area is 184 Å². The third-order valence-corrected chi connectivity index (χ3v) is 5.92. The number of likely N-dealkylation sites (tertiary alicyclic amines) is 1. The fourth-order valence-electron chi connectivity index (χ4n) is 4.25. The Bertz CT molecular complexity index is 978. The Hall–Kier alpha value is -2.86. The largest absolute Gasteiger partial charge is 0.497 e.